The molecule has 4 N–H and O–H groups in total. The quantitative estimate of drug-likeness (QED) is 0.431. The molecule has 0 spiro atoms. The van der Waals surface area contributed by atoms with Crippen molar-refractivity contribution in [1.82, 2.24) is 25.9 Å². The fourth-order valence-corrected chi connectivity index (χ4v) is 2.76. The number of nitrogens with one attached hydrogen (secondary N) is 4. The number of hydrogen-bond acceptors (Lipinski definition) is 5. The molecule has 3 amide bonds. The van der Waals surface area contributed by atoms with Crippen LogP contribution in [0.5, 0.6) is 0 Å². The van der Waals surface area contributed by atoms with Gasteiger partial charge in [-0.15, -0.1) is 0 Å². The molecule has 0 aliphatic carbocycles. The van der Waals surface area contributed by atoms with Gasteiger partial charge in [0.05, 0.1) is 6.54 Å². The monoisotopic (exact) mass is 407 g/mol. The lowest BCUT2D eigenvalue weighted by Crippen LogP contribution is -2.39. The van der Waals surface area contributed by atoms with E-state index in [9.17, 15) is 19.2 Å². The maximum absolute atomic E-state index is 12.4. The third-order valence-corrected chi connectivity index (χ3v) is 4.36. The molecule has 3 rings (SSSR count). The fourth-order valence-electron chi connectivity index (χ4n) is 2.76. The lowest BCUT2D eigenvalue weighted by Gasteiger charge is -2.08. The molecule has 2 heterocycles. The Hall–Kier alpha value is -4.01. The number of hydrogen-bond donors (Lipinski definition) is 4. The molecule has 9 nitrogen and oxygen atoms in total. The van der Waals surface area contributed by atoms with Crippen LogP contribution in [0.3, 0.4) is 0 Å². The number of benzene rings is 1. The minimum atomic E-state index is -0.646. The van der Waals surface area contributed by atoms with Crippen molar-refractivity contribution in [1.29, 1.82) is 0 Å². The van der Waals surface area contributed by atoms with E-state index in [1.807, 2.05) is 0 Å². The molecule has 2 aromatic heterocycles. The third-order valence-electron chi connectivity index (χ3n) is 4.36. The Bertz CT molecular complexity index is 1110. The zero-order chi connectivity index (χ0) is 21.3. The Morgan fingerprint density at radius 1 is 0.933 bits per heavy atom. The number of pyridine rings is 2. The largest absolute Gasteiger partial charge is 0.360 e. The van der Waals surface area contributed by atoms with Gasteiger partial charge in [-0.2, -0.15) is 0 Å². The molecule has 0 saturated carbocycles. The van der Waals surface area contributed by atoms with Gasteiger partial charge >= 0.3 is 0 Å². The van der Waals surface area contributed by atoms with Gasteiger partial charge in [-0.05, 0) is 29.8 Å². The normalized spacial score (nSPS) is 10.4. The molecule has 0 aliphatic heterocycles. The summed E-state index contributed by atoms with van der Waals surface area (Å²) in [7, 11) is 0. The van der Waals surface area contributed by atoms with Crippen LogP contribution in [0.2, 0.25) is 0 Å². The topological polar surface area (TPSA) is 133 Å². The minimum absolute atomic E-state index is 0.0722. The van der Waals surface area contributed by atoms with Crippen LogP contribution in [0, 0.1) is 0 Å². The summed E-state index contributed by atoms with van der Waals surface area (Å²) < 4.78 is 0. The van der Waals surface area contributed by atoms with Crippen molar-refractivity contribution in [2.75, 3.05) is 13.1 Å². The standard InChI is InChI=1S/C21H21N5O4/c27-18(25-11-14-5-8-22-9-6-14)7-10-23-19(28)13-26-21(30)16-12-24-17-4-2-1-3-15(17)20(16)29/h1-6,8-9,12H,7,10-11,13H2,(H,23,28)(H,24,29)(H,25,27)(H,26,30). The molecule has 0 atom stereocenters. The van der Waals surface area contributed by atoms with E-state index in [0.717, 1.165) is 5.56 Å². The number of aromatic amines is 1. The molecule has 3 aromatic rings. The van der Waals surface area contributed by atoms with Gasteiger partial charge in [0.25, 0.3) is 5.91 Å². The summed E-state index contributed by atoms with van der Waals surface area (Å²) in [5, 5.41) is 8.10. The van der Waals surface area contributed by atoms with E-state index < -0.39 is 17.2 Å². The number of fused-ring (bicyclic) bond motifs is 1. The van der Waals surface area contributed by atoms with Gasteiger partial charge in [0.2, 0.25) is 17.2 Å². The van der Waals surface area contributed by atoms with Gasteiger partial charge in [-0.25, -0.2) is 0 Å². The van der Waals surface area contributed by atoms with Crippen LogP contribution in [0.15, 0.2) is 59.8 Å². The lowest BCUT2D eigenvalue weighted by atomic mass is 10.1. The van der Waals surface area contributed by atoms with Gasteiger partial charge in [0, 0.05) is 49.0 Å². The van der Waals surface area contributed by atoms with Crippen molar-refractivity contribution in [2.45, 2.75) is 13.0 Å². The molecule has 0 fully saturated rings. The summed E-state index contributed by atoms with van der Waals surface area (Å²) >= 11 is 0. The first-order valence-electron chi connectivity index (χ1n) is 9.35. The lowest BCUT2D eigenvalue weighted by molar-refractivity contribution is -0.122. The molecule has 0 unspecified atom stereocenters. The highest BCUT2D eigenvalue weighted by molar-refractivity contribution is 5.98. The van der Waals surface area contributed by atoms with E-state index in [1.54, 1.807) is 48.8 Å². The molecule has 0 radical (unpaired) electrons. The highest BCUT2D eigenvalue weighted by Gasteiger charge is 2.14. The zero-order valence-electron chi connectivity index (χ0n) is 16.1. The Balaban J connectivity index is 1.40. The van der Waals surface area contributed by atoms with E-state index in [1.165, 1.54) is 6.20 Å². The van der Waals surface area contributed by atoms with Crippen LogP contribution < -0.4 is 21.4 Å². The highest BCUT2D eigenvalue weighted by atomic mass is 16.2. The predicted octanol–water partition coefficient (Wildman–Crippen LogP) is 0.476. The third kappa shape index (κ3) is 5.51. The maximum atomic E-state index is 12.4. The van der Waals surface area contributed by atoms with Crippen molar-refractivity contribution in [2.24, 2.45) is 0 Å². The van der Waals surface area contributed by atoms with Crippen LogP contribution in [0.4, 0.5) is 0 Å². The van der Waals surface area contributed by atoms with Crippen LogP contribution >= 0.6 is 0 Å². The van der Waals surface area contributed by atoms with E-state index in [4.69, 9.17) is 0 Å². The van der Waals surface area contributed by atoms with E-state index in [-0.39, 0.29) is 31.0 Å². The summed E-state index contributed by atoms with van der Waals surface area (Å²) in [5.41, 5.74) is 1.07. The second-order valence-corrected chi connectivity index (χ2v) is 6.49. The van der Waals surface area contributed by atoms with Crippen LogP contribution in [0.1, 0.15) is 22.3 Å². The van der Waals surface area contributed by atoms with E-state index >= 15 is 0 Å². The molecular formula is C21H21N5O4. The first-order valence-corrected chi connectivity index (χ1v) is 9.35. The first-order chi connectivity index (χ1) is 14.5. The van der Waals surface area contributed by atoms with Crippen molar-refractivity contribution in [3.63, 3.8) is 0 Å². The molecular weight excluding hydrogens is 386 g/mol. The van der Waals surface area contributed by atoms with Gasteiger partial charge < -0.3 is 20.9 Å². The molecule has 9 heteroatoms. The molecule has 0 aliphatic rings. The molecule has 0 bridgehead atoms. The van der Waals surface area contributed by atoms with E-state index in [0.29, 0.717) is 17.4 Å². The van der Waals surface area contributed by atoms with Crippen LogP contribution in [-0.4, -0.2) is 40.8 Å². The average Bonchev–Trinajstić information content (AvgIpc) is 2.77. The number of para-hydroxylation sites is 1. The van der Waals surface area contributed by atoms with Gasteiger partial charge in [-0.1, -0.05) is 12.1 Å². The Kier molecular flexibility index (Phi) is 6.88. The van der Waals surface area contributed by atoms with Crippen molar-refractivity contribution < 1.29 is 14.4 Å². The van der Waals surface area contributed by atoms with Crippen molar-refractivity contribution >= 4 is 28.6 Å². The Morgan fingerprint density at radius 2 is 1.70 bits per heavy atom. The number of aromatic nitrogens is 2. The fraction of sp³-hybridized carbons (Fsp3) is 0.190. The number of carbonyl (C=O) groups excluding carboxylic acids is 3. The molecule has 1 aromatic carbocycles. The number of rotatable bonds is 8. The average molecular weight is 407 g/mol. The second kappa shape index (κ2) is 9.97. The molecule has 30 heavy (non-hydrogen) atoms. The number of H-pyrrole nitrogens is 1. The van der Waals surface area contributed by atoms with Crippen molar-refractivity contribution in [3.05, 3.63) is 76.3 Å². The highest BCUT2D eigenvalue weighted by Crippen LogP contribution is 2.06. The van der Waals surface area contributed by atoms with Crippen molar-refractivity contribution in [3.8, 4) is 0 Å². The number of amides is 3. The van der Waals surface area contributed by atoms with Gasteiger partial charge in [0.1, 0.15) is 5.56 Å². The van der Waals surface area contributed by atoms with Crippen LogP contribution in [0.25, 0.3) is 10.9 Å². The predicted molar refractivity (Wildman–Crippen MR) is 111 cm³/mol. The van der Waals surface area contributed by atoms with E-state index in [2.05, 4.69) is 25.9 Å². The molecule has 154 valence electrons. The Labute approximate surface area is 171 Å². The summed E-state index contributed by atoms with van der Waals surface area (Å²) in [6, 6.07) is 10.4. The minimum Gasteiger partial charge on any atom is -0.360 e. The zero-order valence-corrected chi connectivity index (χ0v) is 16.1. The smallest absolute Gasteiger partial charge is 0.257 e. The SMILES string of the molecule is O=C(CCNC(=O)CNC(=O)c1c[nH]c2ccccc2c1=O)NCc1ccncc1. The first kappa shape index (κ1) is 20.7. The number of nitrogens with zero attached hydrogens (tertiary/aromatic N) is 1. The second-order valence-electron chi connectivity index (χ2n) is 6.49. The van der Waals surface area contributed by atoms with Crippen LogP contribution in [-0.2, 0) is 16.1 Å². The molecule has 0 saturated heterocycles. The number of carbonyl (C=O) groups is 3. The van der Waals surface area contributed by atoms with Gasteiger partial charge in [-0.3, -0.25) is 24.2 Å². The summed E-state index contributed by atoms with van der Waals surface area (Å²) in [6.45, 7) is 0.211. The summed E-state index contributed by atoms with van der Waals surface area (Å²) in [6.07, 6.45) is 4.71. The summed E-state index contributed by atoms with van der Waals surface area (Å²) in [5.74, 6) is -1.31. The Morgan fingerprint density at radius 3 is 2.50 bits per heavy atom. The maximum Gasteiger partial charge on any atom is 0.257 e. The van der Waals surface area contributed by atoms with Gasteiger partial charge in [0.15, 0.2) is 0 Å². The summed E-state index contributed by atoms with van der Waals surface area (Å²) in [4.78, 5) is 55.1.